The van der Waals surface area contributed by atoms with Crippen LogP contribution in [-0.2, 0) is 4.74 Å². The molecule has 72 valence electrons. The normalized spacial score (nSPS) is 43.5. The Morgan fingerprint density at radius 1 is 1.33 bits per heavy atom. The van der Waals surface area contributed by atoms with E-state index < -0.39 is 12.4 Å². The standard InChI is InChI=1S/C8H17NO3/c1-5-4-6(9(2)3)7(10)8(11)12-5/h5-8,10-11H,4H2,1-3H3/t5-,6?,7?,8-/m1/s1. The highest BCUT2D eigenvalue weighted by atomic mass is 16.6. The third kappa shape index (κ3) is 1.95. The molecule has 1 fully saturated rings. The third-order valence-corrected chi connectivity index (χ3v) is 2.29. The summed E-state index contributed by atoms with van der Waals surface area (Å²) < 4.78 is 5.06. The Balaban J connectivity index is 2.60. The van der Waals surface area contributed by atoms with Crippen molar-refractivity contribution in [3.05, 3.63) is 0 Å². The molecule has 1 saturated heterocycles. The smallest absolute Gasteiger partial charge is 0.182 e. The van der Waals surface area contributed by atoms with E-state index in [0.29, 0.717) is 0 Å². The Kier molecular flexibility index (Phi) is 3.06. The van der Waals surface area contributed by atoms with Crippen LogP contribution in [0.5, 0.6) is 0 Å². The lowest BCUT2D eigenvalue weighted by Gasteiger charge is -2.38. The Bertz CT molecular complexity index is 151. The first-order valence-electron chi connectivity index (χ1n) is 4.20. The predicted octanol–water partition coefficient (Wildman–Crippen LogP) is -0.595. The van der Waals surface area contributed by atoms with Gasteiger partial charge in [-0.25, -0.2) is 0 Å². The van der Waals surface area contributed by atoms with Crippen molar-refractivity contribution in [2.24, 2.45) is 0 Å². The lowest BCUT2D eigenvalue weighted by molar-refractivity contribution is -0.230. The summed E-state index contributed by atoms with van der Waals surface area (Å²) in [5.41, 5.74) is 0. The summed E-state index contributed by atoms with van der Waals surface area (Å²) in [7, 11) is 3.78. The van der Waals surface area contributed by atoms with Gasteiger partial charge in [0.05, 0.1) is 6.10 Å². The largest absolute Gasteiger partial charge is 0.386 e. The molecule has 1 aliphatic heterocycles. The fraction of sp³-hybridized carbons (Fsp3) is 1.00. The molecule has 0 aromatic rings. The fourth-order valence-corrected chi connectivity index (χ4v) is 1.56. The second-order valence-electron chi connectivity index (χ2n) is 3.59. The lowest BCUT2D eigenvalue weighted by atomic mass is 9.99. The first kappa shape index (κ1) is 9.92. The maximum absolute atomic E-state index is 9.51. The molecular formula is C8H17NO3. The molecule has 4 nitrogen and oxygen atoms in total. The summed E-state index contributed by atoms with van der Waals surface area (Å²) >= 11 is 0. The molecule has 1 heterocycles. The van der Waals surface area contributed by atoms with Gasteiger partial charge in [-0.2, -0.15) is 0 Å². The van der Waals surface area contributed by atoms with E-state index in [0.717, 1.165) is 6.42 Å². The summed E-state index contributed by atoms with van der Waals surface area (Å²) in [6, 6.07) is -0.0104. The van der Waals surface area contributed by atoms with Gasteiger partial charge in [0.25, 0.3) is 0 Å². The van der Waals surface area contributed by atoms with Crippen molar-refractivity contribution in [2.75, 3.05) is 14.1 Å². The minimum Gasteiger partial charge on any atom is -0.386 e. The van der Waals surface area contributed by atoms with Gasteiger partial charge >= 0.3 is 0 Å². The van der Waals surface area contributed by atoms with Gasteiger partial charge in [-0.15, -0.1) is 0 Å². The van der Waals surface area contributed by atoms with E-state index in [1.54, 1.807) is 0 Å². The Morgan fingerprint density at radius 2 is 1.92 bits per heavy atom. The topological polar surface area (TPSA) is 52.9 Å². The highest BCUT2D eigenvalue weighted by Crippen LogP contribution is 2.21. The molecule has 1 rings (SSSR count). The molecule has 2 N–H and O–H groups in total. The molecule has 0 aliphatic carbocycles. The van der Waals surface area contributed by atoms with Crippen LogP contribution in [0.4, 0.5) is 0 Å². The number of ether oxygens (including phenoxy) is 1. The van der Waals surface area contributed by atoms with Gasteiger partial charge in [0.15, 0.2) is 6.29 Å². The van der Waals surface area contributed by atoms with Crippen molar-refractivity contribution >= 4 is 0 Å². The third-order valence-electron chi connectivity index (χ3n) is 2.29. The zero-order valence-corrected chi connectivity index (χ0v) is 7.77. The number of hydrogen-bond donors (Lipinski definition) is 2. The van der Waals surface area contributed by atoms with Crippen molar-refractivity contribution in [1.29, 1.82) is 0 Å². The molecule has 0 saturated carbocycles. The van der Waals surface area contributed by atoms with Gasteiger partial charge in [-0.1, -0.05) is 0 Å². The quantitative estimate of drug-likeness (QED) is 0.559. The number of nitrogens with zero attached hydrogens (tertiary/aromatic N) is 1. The summed E-state index contributed by atoms with van der Waals surface area (Å²) in [6.45, 7) is 1.89. The second-order valence-corrected chi connectivity index (χ2v) is 3.59. The van der Waals surface area contributed by atoms with Crippen LogP contribution in [0.25, 0.3) is 0 Å². The van der Waals surface area contributed by atoms with E-state index in [9.17, 15) is 10.2 Å². The lowest BCUT2D eigenvalue weighted by Crippen LogP contribution is -2.53. The molecular weight excluding hydrogens is 158 g/mol. The number of aliphatic hydroxyl groups is 2. The van der Waals surface area contributed by atoms with Crippen LogP contribution in [0.1, 0.15) is 13.3 Å². The zero-order valence-electron chi connectivity index (χ0n) is 7.77. The van der Waals surface area contributed by atoms with Gasteiger partial charge in [-0.3, -0.25) is 0 Å². The monoisotopic (exact) mass is 175 g/mol. The van der Waals surface area contributed by atoms with E-state index in [2.05, 4.69) is 0 Å². The average Bonchev–Trinajstić information content (AvgIpc) is 1.96. The Morgan fingerprint density at radius 3 is 2.42 bits per heavy atom. The predicted molar refractivity (Wildman–Crippen MR) is 44.7 cm³/mol. The molecule has 2 unspecified atom stereocenters. The summed E-state index contributed by atoms with van der Waals surface area (Å²) in [6.07, 6.45) is -1.07. The van der Waals surface area contributed by atoms with E-state index in [4.69, 9.17) is 4.74 Å². The highest BCUT2D eigenvalue weighted by Gasteiger charge is 2.35. The maximum Gasteiger partial charge on any atom is 0.182 e. The molecule has 4 atom stereocenters. The molecule has 0 spiro atoms. The van der Waals surface area contributed by atoms with Crippen molar-refractivity contribution in [2.45, 2.75) is 37.9 Å². The van der Waals surface area contributed by atoms with Crippen LogP contribution in [0.3, 0.4) is 0 Å². The van der Waals surface area contributed by atoms with Crippen LogP contribution in [-0.4, -0.2) is 53.7 Å². The molecule has 0 aromatic heterocycles. The van der Waals surface area contributed by atoms with Gasteiger partial charge in [0, 0.05) is 6.04 Å². The summed E-state index contributed by atoms with van der Waals surface area (Å²) in [5, 5.41) is 18.8. The van der Waals surface area contributed by atoms with Crippen molar-refractivity contribution in [1.82, 2.24) is 4.90 Å². The number of aliphatic hydroxyl groups excluding tert-OH is 2. The van der Waals surface area contributed by atoms with Crippen LogP contribution in [0.2, 0.25) is 0 Å². The van der Waals surface area contributed by atoms with E-state index >= 15 is 0 Å². The molecule has 0 bridgehead atoms. The molecule has 4 heteroatoms. The molecule has 0 amide bonds. The van der Waals surface area contributed by atoms with E-state index in [-0.39, 0.29) is 12.1 Å². The van der Waals surface area contributed by atoms with Crippen LogP contribution in [0.15, 0.2) is 0 Å². The molecule has 0 aromatic carbocycles. The van der Waals surface area contributed by atoms with E-state index in [1.165, 1.54) is 0 Å². The second kappa shape index (κ2) is 3.70. The van der Waals surface area contributed by atoms with Gasteiger partial charge in [-0.05, 0) is 27.4 Å². The maximum atomic E-state index is 9.51. The van der Waals surface area contributed by atoms with Gasteiger partial charge in [0.1, 0.15) is 6.10 Å². The first-order chi connectivity index (χ1) is 5.52. The zero-order chi connectivity index (χ0) is 9.30. The van der Waals surface area contributed by atoms with Crippen LogP contribution >= 0.6 is 0 Å². The summed E-state index contributed by atoms with van der Waals surface area (Å²) in [5.74, 6) is 0. The fourth-order valence-electron chi connectivity index (χ4n) is 1.56. The first-order valence-corrected chi connectivity index (χ1v) is 4.20. The SMILES string of the molecule is C[C@@H]1CC(N(C)C)C(O)[C@H](O)O1. The highest BCUT2D eigenvalue weighted by molar-refractivity contribution is 4.84. The molecule has 1 aliphatic rings. The number of hydrogen-bond acceptors (Lipinski definition) is 4. The minimum absolute atomic E-state index is 0.01000. The van der Waals surface area contributed by atoms with Crippen molar-refractivity contribution in [3.8, 4) is 0 Å². The van der Waals surface area contributed by atoms with Crippen molar-refractivity contribution < 1.29 is 14.9 Å². The van der Waals surface area contributed by atoms with Crippen LogP contribution in [0, 0.1) is 0 Å². The molecule has 12 heavy (non-hydrogen) atoms. The van der Waals surface area contributed by atoms with Crippen molar-refractivity contribution in [3.63, 3.8) is 0 Å². The number of likely N-dealkylation sites (N-methyl/N-ethyl adjacent to an activating group) is 1. The van der Waals surface area contributed by atoms with E-state index in [1.807, 2.05) is 25.9 Å². The van der Waals surface area contributed by atoms with Gasteiger partial charge < -0.3 is 19.8 Å². The van der Waals surface area contributed by atoms with Crippen LogP contribution < -0.4 is 0 Å². The number of rotatable bonds is 1. The Hall–Kier alpha value is -0.160. The Labute approximate surface area is 72.7 Å². The molecule has 0 radical (unpaired) electrons. The average molecular weight is 175 g/mol. The summed E-state index contributed by atoms with van der Waals surface area (Å²) in [4.78, 5) is 1.91. The minimum atomic E-state index is -1.04. The van der Waals surface area contributed by atoms with Gasteiger partial charge in [0.2, 0.25) is 0 Å².